The van der Waals surface area contributed by atoms with Crippen LogP contribution in [0.1, 0.15) is 10.4 Å². The van der Waals surface area contributed by atoms with Gasteiger partial charge in [0.05, 0.1) is 22.8 Å². The Morgan fingerprint density at radius 2 is 1.92 bits per heavy atom. The van der Waals surface area contributed by atoms with Gasteiger partial charge in [-0.15, -0.1) is 0 Å². The molecule has 0 aliphatic rings. The number of anilines is 1. The number of carbonyl (C=O) groups excluding carboxylic acids is 2. The van der Waals surface area contributed by atoms with E-state index in [9.17, 15) is 9.59 Å². The van der Waals surface area contributed by atoms with E-state index in [1.165, 1.54) is 25.3 Å². The summed E-state index contributed by atoms with van der Waals surface area (Å²) in [6, 6.07) is 7.57. The molecule has 0 bridgehead atoms. The molecule has 0 spiro atoms. The summed E-state index contributed by atoms with van der Waals surface area (Å²) in [7, 11) is 1.40. The highest BCUT2D eigenvalue weighted by Crippen LogP contribution is 2.36. The molecule has 8 heteroatoms. The number of halogens is 3. The summed E-state index contributed by atoms with van der Waals surface area (Å²) in [5.41, 5.74) is 0.700. The van der Waals surface area contributed by atoms with Crippen molar-refractivity contribution < 1.29 is 19.1 Å². The number of amides is 1. The fraction of sp³-hybridized carbons (Fsp3) is 0.125. The van der Waals surface area contributed by atoms with Crippen molar-refractivity contribution in [3.63, 3.8) is 0 Å². The van der Waals surface area contributed by atoms with Crippen LogP contribution in [-0.4, -0.2) is 25.9 Å². The van der Waals surface area contributed by atoms with Crippen molar-refractivity contribution in [3.05, 3.63) is 51.0 Å². The first-order valence-electron chi connectivity index (χ1n) is 6.65. The van der Waals surface area contributed by atoms with Gasteiger partial charge in [-0.3, -0.25) is 9.59 Å². The lowest BCUT2D eigenvalue weighted by Gasteiger charge is -2.13. The van der Waals surface area contributed by atoms with E-state index in [0.29, 0.717) is 27.6 Å². The lowest BCUT2D eigenvalue weighted by atomic mass is 10.2. The number of aldehydes is 1. The Kier molecular flexibility index (Phi) is 6.31. The molecule has 0 atom stereocenters. The molecule has 2 rings (SSSR count). The summed E-state index contributed by atoms with van der Waals surface area (Å²) in [6.07, 6.45) is 0.631. The van der Waals surface area contributed by atoms with Crippen molar-refractivity contribution >= 4 is 52.7 Å². The fourth-order valence-corrected chi connectivity index (χ4v) is 2.48. The molecule has 2 aromatic carbocycles. The van der Waals surface area contributed by atoms with Crippen LogP contribution in [0, 0.1) is 0 Å². The van der Waals surface area contributed by atoms with E-state index in [2.05, 4.69) is 5.32 Å². The Bertz CT molecular complexity index is 780. The fourth-order valence-electron chi connectivity index (χ4n) is 1.87. The van der Waals surface area contributed by atoms with Crippen LogP contribution in [-0.2, 0) is 4.79 Å². The molecule has 0 saturated heterocycles. The summed E-state index contributed by atoms with van der Waals surface area (Å²) >= 11 is 17.9. The number of hydrogen-bond acceptors (Lipinski definition) is 4. The van der Waals surface area contributed by atoms with Crippen LogP contribution in [0.25, 0.3) is 0 Å². The molecule has 0 radical (unpaired) electrons. The zero-order chi connectivity index (χ0) is 17.7. The van der Waals surface area contributed by atoms with E-state index in [-0.39, 0.29) is 23.1 Å². The zero-order valence-corrected chi connectivity index (χ0v) is 14.7. The number of ether oxygens (including phenoxy) is 2. The van der Waals surface area contributed by atoms with E-state index in [4.69, 9.17) is 44.3 Å². The minimum absolute atomic E-state index is 0.157. The minimum atomic E-state index is -0.461. The molecular weight excluding hydrogens is 377 g/mol. The zero-order valence-electron chi connectivity index (χ0n) is 12.4. The Labute approximate surface area is 153 Å². The van der Waals surface area contributed by atoms with Crippen LogP contribution in [0.5, 0.6) is 11.5 Å². The maximum atomic E-state index is 12.0. The van der Waals surface area contributed by atoms with Gasteiger partial charge in [0, 0.05) is 10.6 Å². The van der Waals surface area contributed by atoms with Gasteiger partial charge in [-0.05, 0) is 30.3 Å². The predicted molar refractivity (Wildman–Crippen MR) is 94.0 cm³/mol. The van der Waals surface area contributed by atoms with Gasteiger partial charge >= 0.3 is 0 Å². The predicted octanol–water partition coefficient (Wildman–Crippen LogP) is 4.49. The van der Waals surface area contributed by atoms with Crippen molar-refractivity contribution in [1.29, 1.82) is 0 Å². The van der Waals surface area contributed by atoms with Crippen molar-refractivity contribution in [2.45, 2.75) is 0 Å². The largest absolute Gasteiger partial charge is 0.493 e. The molecule has 0 aromatic heterocycles. The molecule has 0 aliphatic heterocycles. The van der Waals surface area contributed by atoms with Gasteiger partial charge < -0.3 is 14.8 Å². The van der Waals surface area contributed by atoms with E-state index in [0.717, 1.165) is 0 Å². The lowest BCUT2D eigenvalue weighted by molar-refractivity contribution is -0.118. The Morgan fingerprint density at radius 3 is 2.58 bits per heavy atom. The molecule has 0 saturated carbocycles. The Morgan fingerprint density at radius 1 is 1.17 bits per heavy atom. The Hall–Kier alpha value is -1.95. The molecule has 1 N–H and O–H groups in total. The molecule has 0 aliphatic carbocycles. The van der Waals surface area contributed by atoms with Gasteiger partial charge in [0.15, 0.2) is 18.1 Å². The summed E-state index contributed by atoms with van der Waals surface area (Å²) in [5.74, 6) is -0.0490. The van der Waals surface area contributed by atoms with Crippen LogP contribution < -0.4 is 14.8 Å². The number of hydrogen-bond donors (Lipinski definition) is 1. The van der Waals surface area contributed by atoms with Gasteiger partial charge in [-0.2, -0.15) is 0 Å². The monoisotopic (exact) mass is 387 g/mol. The molecular formula is C16H12Cl3NO4. The van der Waals surface area contributed by atoms with Gasteiger partial charge in [0.2, 0.25) is 0 Å². The van der Waals surface area contributed by atoms with Gasteiger partial charge in [0.1, 0.15) is 6.29 Å². The summed E-state index contributed by atoms with van der Waals surface area (Å²) in [4.78, 5) is 22.8. The van der Waals surface area contributed by atoms with E-state index in [1.807, 2.05) is 0 Å². The van der Waals surface area contributed by atoms with Crippen molar-refractivity contribution in [2.24, 2.45) is 0 Å². The summed E-state index contributed by atoms with van der Waals surface area (Å²) in [5, 5.41) is 3.52. The van der Waals surface area contributed by atoms with Crippen LogP contribution in [0.4, 0.5) is 5.69 Å². The normalized spacial score (nSPS) is 10.2. The lowest BCUT2D eigenvalue weighted by Crippen LogP contribution is -2.20. The van der Waals surface area contributed by atoms with Crippen LogP contribution in [0.2, 0.25) is 15.1 Å². The highest BCUT2D eigenvalue weighted by Gasteiger charge is 2.14. The van der Waals surface area contributed by atoms with Gasteiger partial charge in [0.25, 0.3) is 5.91 Å². The summed E-state index contributed by atoms with van der Waals surface area (Å²) in [6.45, 7) is -0.334. The molecule has 0 fully saturated rings. The van der Waals surface area contributed by atoms with Crippen molar-refractivity contribution in [1.82, 2.24) is 0 Å². The van der Waals surface area contributed by atoms with E-state index < -0.39 is 5.91 Å². The van der Waals surface area contributed by atoms with Gasteiger partial charge in [-0.25, -0.2) is 0 Å². The SMILES string of the molecule is COc1cc(C=O)cc(Cl)c1OCC(=O)Nc1cc(Cl)ccc1Cl. The third-order valence-electron chi connectivity index (χ3n) is 2.94. The quantitative estimate of drug-likeness (QED) is 0.741. The second-order valence-corrected chi connectivity index (χ2v) is 5.86. The molecule has 0 heterocycles. The number of benzene rings is 2. The van der Waals surface area contributed by atoms with Crippen molar-refractivity contribution in [3.8, 4) is 11.5 Å². The molecule has 5 nitrogen and oxygen atoms in total. The topological polar surface area (TPSA) is 64.6 Å². The van der Waals surface area contributed by atoms with Crippen LogP contribution >= 0.6 is 34.8 Å². The smallest absolute Gasteiger partial charge is 0.262 e. The average Bonchev–Trinajstić information content (AvgIpc) is 2.56. The number of rotatable bonds is 6. The minimum Gasteiger partial charge on any atom is -0.493 e. The maximum absolute atomic E-state index is 12.0. The average molecular weight is 389 g/mol. The number of nitrogens with one attached hydrogen (secondary N) is 1. The molecule has 126 valence electrons. The third-order valence-corrected chi connectivity index (χ3v) is 3.78. The van der Waals surface area contributed by atoms with Crippen molar-refractivity contribution in [2.75, 3.05) is 19.0 Å². The first-order chi connectivity index (χ1) is 11.4. The van der Waals surface area contributed by atoms with Gasteiger partial charge in [-0.1, -0.05) is 34.8 Å². The highest BCUT2D eigenvalue weighted by atomic mass is 35.5. The number of methoxy groups -OCH3 is 1. The van der Waals surface area contributed by atoms with E-state index in [1.54, 1.807) is 12.1 Å². The molecule has 24 heavy (non-hydrogen) atoms. The first-order valence-corrected chi connectivity index (χ1v) is 7.78. The highest BCUT2D eigenvalue weighted by molar-refractivity contribution is 6.35. The van der Waals surface area contributed by atoms with Crippen LogP contribution in [0.15, 0.2) is 30.3 Å². The summed E-state index contributed by atoms with van der Waals surface area (Å²) < 4.78 is 10.5. The van der Waals surface area contributed by atoms with E-state index >= 15 is 0 Å². The molecule has 2 aromatic rings. The third kappa shape index (κ3) is 4.54. The Balaban J connectivity index is 2.09. The maximum Gasteiger partial charge on any atom is 0.262 e. The molecule has 0 unspecified atom stereocenters. The standard InChI is InChI=1S/C16H12Cl3NO4/c1-23-14-5-9(7-21)4-12(19)16(14)24-8-15(22)20-13-6-10(17)2-3-11(13)18/h2-7H,8H2,1H3,(H,20,22). The first kappa shape index (κ1) is 18.4. The number of carbonyl (C=O) groups is 2. The van der Waals surface area contributed by atoms with Crippen LogP contribution in [0.3, 0.4) is 0 Å². The molecule has 1 amide bonds. The second kappa shape index (κ2) is 8.24. The second-order valence-electron chi connectivity index (χ2n) is 4.61.